The summed E-state index contributed by atoms with van der Waals surface area (Å²) in [6.07, 6.45) is 1.87. The van der Waals surface area contributed by atoms with E-state index in [-0.39, 0.29) is 10.9 Å². The third-order valence-corrected chi connectivity index (χ3v) is 4.41. The first kappa shape index (κ1) is 17.0. The molecule has 0 saturated carbocycles. The summed E-state index contributed by atoms with van der Waals surface area (Å²) in [7, 11) is -3.29. The molecular weight excluding hydrogens is 312 g/mol. The number of rotatable bonds is 5. The van der Waals surface area contributed by atoms with E-state index in [4.69, 9.17) is 0 Å². The highest BCUT2D eigenvalue weighted by atomic mass is 32.2. The number of anilines is 1. The van der Waals surface area contributed by atoms with Crippen LogP contribution in [0.3, 0.4) is 0 Å². The van der Waals surface area contributed by atoms with E-state index in [2.05, 4.69) is 16.7 Å². The van der Waals surface area contributed by atoms with Gasteiger partial charge in [0.25, 0.3) is 0 Å². The topological polar surface area (TPSA) is 75.3 Å². The van der Waals surface area contributed by atoms with E-state index < -0.39 is 9.84 Å². The number of carbonyl (C=O) groups excluding carboxylic acids is 1. The van der Waals surface area contributed by atoms with Crippen molar-refractivity contribution in [1.82, 2.24) is 5.32 Å². The smallest absolute Gasteiger partial charge is 0.319 e. The molecule has 0 spiro atoms. The second kappa shape index (κ2) is 7.28. The maximum absolute atomic E-state index is 11.9. The van der Waals surface area contributed by atoms with Crippen molar-refractivity contribution in [3.05, 3.63) is 59.7 Å². The zero-order chi connectivity index (χ0) is 16.9. The van der Waals surface area contributed by atoms with Crippen LogP contribution < -0.4 is 10.6 Å². The van der Waals surface area contributed by atoms with Gasteiger partial charge in [-0.05, 0) is 37.1 Å². The Labute approximate surface area is 136 Å². The third kappa shape index (κ3) is 5.41. The summed E-state index contributed by atoms with van der Waals surface area (Å²) >= 11 is 0. The van der Waals surface area contributed by atoms with Gasteiger partial charge < -0.3 is 10.6 Å². The van der Waals surface area contributed by atoms with Gasteiger partial charge in [-0.2, -0.15) is 0 Å². The lowest BCUT2D eigenvalue weighted by Crippen LogP contribution is -2.30. The molecule has 122 valence electrons. The summed E-state index contributed by atoms with van der Waals surface area (Å²) in [5.41, 5.74) is 2.79. The summed E-state index contributed by atoms with van der Waals surface area (Å²) in [6.45, 7) is 2.53. The predicted octanol–water partition coefficient (Wildman–Crippen LogP) is 2.76. The highest BCUT2D eigenvalue weighted by Gasteiger charge is 2.08. The van der Waals surface area contributed by atoms with Gasteiger partial charge >= 0.3 is 6.03 Å². The van der Waals surface area contributed by atoms with E-state index in [1.54, 1.807) is 12.1 Å². The molecule has 0 atom stereocenters. The minimum absolute atomic E-state index is 0.176. The van der Waals surface area contributed by atoms with Gasteiger partial charge in [-0.25, -0.2) is 13.2 Å². The number of aryl methyl sites for hydroxylation is 1. The largest absolute Gasteiger partial charge is 0.338 e. The lowest BCUT2D eigenvalue weighted by molar-refractivity contribution is 0.252. The molecule has 0 fully saturated rings. The van der Waals surface area contributed by atoms with Crippen molar-refractivity contribution >= 4 is 21.6 Å². The summed E-state index contributed by atoms with van der Waals surface area (Å²) in [5.74, 6) is 0. The molecule has 0 bridgehead atoms. The Kier molecular flexibility index (Phi) is 5.39. The Morgan fingerprint density at radius 3 is 2.52 bits per heavy atom. The van der Waals surface area contributed by atoms with Crippen molar-refractivity contribution in [3.63, 3.8) is 0 Å². The van der Waals surface area contributed by atoms with Gasteiger partial charge in [-0.1, -0.05) is 35.9 Å². The molecule has 0 aromatic heterocycles. The Hall–Kier alpha value is -2.34. The highest BCUT2D eigenvalue weighted by Crippen LogP contribution is 2.15. The molecule has 2 amide bonds. The van der Waals surface area contributed by atoms with Gasteiger partial charge in [-0.3, -0.25) is 0 Å². The number of nitrogens with one attached hydrogen (secondary N) is 2. The van der Waals surface area contributed by atoms with Gasteiger partial charge in [-0.15, -0.1) is 0 Å². The quantitative estimate of drug-likeness (QED) is 0.884. The predicted molar refractivity (Wildman–Crippen MR) is 91.5 cm³/mol. The summed E-state index contributed by atoms with van der Waals surface area (Å²) in [4.78, 5) is 12.0. The molecule has 2 rings (SSSR count). The first-order valence-electron chi connectivity index (χ1n) is 7.25. The molecule has 0 aliphatic heterocycles. The minimum Gasteiger partial charge on any atom is -0.338 e. The molecule has 23 heavy (non-hydrogen) atoms. The van der Waals surface area contributed by atoms with Crippen molar-refractivity contribution < 1.29 is 13.2 Å². The van der Waals surface area contributed by atoms with Crippen molar-refractivity contribution in [2.45, 2.75) is 18.2 Å². The maximum Gasteiger partial charge on any atom is 0.319 e. The van der Waals surface area contributed by atoms with E-state index in [1.807, 2.05) is 25.1 Å². The molecule has 5 nitrogen and oxygen atoms in total. The Bertz CT molecular complexity index is 801. The summed E-state index contributed by atoms with van der Waals surface area (Å²) in [5, 5.41) is 5.40. The van der Waals surface area contributed by atoms with Crippen LogP contribution in [0.2, 0.25) is 0 Å². The molecule has 0 aliphatic carbocycles. The second-order valence-electron chi connectivity index (χ2n) is 5.42. The molecule has 2 N–H and O–H groups in total. The van der Waals surface area contributed by atoms with Crippen LogP contribution in [0.1, 0.15) is 11.1 Å². The molecule has 0 radical (unpaired) electrons. The third-order valence-electron chi connectivity index (χ3n) is 3.30. The molecule has 0 saturated heterocycles. The lowest BCUT2D eigenvalue weighted by atomic mass is 10.1. The van der Waals surface area contributed by atoms with Crippen molar-refractivity contribution in [2.75, 3.05) is 18.1 Å². The fourth-order valence-corrected chi connectivity index (χ4v) is 2.83. The number of hydrogen-bond acceptors (Lipinski definition) is 3. The second-order valence-corrected chi connectivity index (χ2v) is 7.44. The number of amides is 2. The Morgan fingerprint density at radius 2 is 1.83 bits per heavy atom. The minimum atomic E-state index is -3.29. The molecule has 2 aromatic carbocycles. The van der Waals surface area contributed by atoms with E-state index in [0.29, 0.717) is 12.2 Å². The summed E-state index contributed by atoms with van der Waals surface area (Å²) in [6, 6.07) is 13.9. The first-order chi connectivity index (χ1) is 10.8. The maximum atomic E-state index is 11.9. The molecular formula is C17H20N2O3S. The van der Waals surface area contributed by atoms with Gasteiger partial charge in [0.05, 0.1) is 4.90 Å². The SMILES string of the molecule is Cc1cccc(CCNC(=O)Nc2cccc(S(C)(=O)=O)c2)c1. The van der Waals surface area contributed by atoms with E-state index in [1.165, 1.54) is 17.7 Å². The van der Waals surface area contributed by atoms with Crippen molar-refractivity contribution in [3.8, 4) is 0 Å². The number of hydrogen-bond donors (Lipinski definition) is 2. The molecule has 0 heterocycles. The first-order valence-corrected chi connectivity index (χ1v) is 9.14. The monoisotopic (exact) mass is 332 g/mol. The zero-order valence-corrected chi connectivity index (χ0v) is 14.0. The zero-order valence-electron chi connectivity index (χ0n) is 13.2. The van der Waals surface area contributed by atoms with Crippen LogP contribution in [0.4, 0.5) is 10.5 Å². The van der Waals surface area contributed by atoms with E-state index >= 15 is 0 Å². The molecule has 0 unspecified atom stereocenters. The fourth-order valence-electron chi connectivity index (χ4n) is 2.17. The highest BCUT2D eigenvalue weighted by molar-refractivity contribution is 7.90. The van der Waals surface area contributed by atoms with Gasteiger partial charge in [0.15, 0.2) is 9.84 Å². The summed E-state index contributed by atoms with van der Waals surface area (Å²) < 4.78 is 23.0. The van der Waals surface area contributed by atoms with Crippen LogP contribution >= 0.6 is 0 Å². The van der Waals surface area contributed by atoms with E-state index in [9.17, 15) is 13.2 Å². The van der Waals surface area contributed by atoms with Gasteiger partial charge in [0, 0.05) is 18.5 Å². The number of carbonyl (C=O) groups is 1. The Morgan fingerprint density at radius 1 is 1.09 bits per heavy atom. The van der Waals surface area contributed by atoms with Crippen LogP contribution in [-0.2, 0) is 16.3 Å². The van der Waals surface area contributed by atoms with Gasteiger partial charge in [0.2, 0.25) is 0 Å². The van der Waals surface area contributed by atoms with E-state index in [0.717, 1.165) is 18.2 Å². The van der Waals surface area contributed by atoms with Crippen LogP contribution in [0.15, 0.2) is 53.4 Å². The van der Waals surface area contributed by atoms with Gasteiger partial charge in [0.1, 0.15) is 0 Å². The van der Waals surface area contributed by atoms with Crippen LogP contribution in [0, 0.1) is 6.92 Å². The van der Waals surface area contributed by atoms with Crippen LogP contribution in [0.5, 0.6) is 0 Å². The number of sulfone groups is 1. The average molecular weight is 332 g/mol. The number of urea groups is 1. The molecule has 2 aromatic rings. The lowest BCUT2D eigenvalue weighted by Gasteiger charge is -2.09. The normalized spacial score (nSPS) is 11.0. The molecule has 6 heteroatoms. The van der Waals surface area contributed by atoms with Crippen LogP contribution in [-0.4, -0.2) is 27.2 Å². The average Bonchev–Trinajstić information content (AvgIpc) is 2.46. The molecule has 0 aliphatic rings. The van der Waals surface area contributed by atoms with Crippen molar-refractivity contribution in [1.29, 1.82) is 0 Å². The number of benzene rings is 2. The standard InChI is InChI=1S/C17H20N2O3S/c1-13-5-3-6-14(11-13)9-10-18-17(20)19-15-7-4-8-16(12-15)23(2,21)22/h3-8,11-12H,9-10H2,1-2H3,(H2,18,19,20). The fraction of sp³-hybridized carbons (Fsp3) is 0.235. The Balaban J connectivity index is 1.88. The van der Waals surface area contributed by atoms with Crippen molar-refractivity contribution in [2.24, 2.45) is 0 Å². The van der Waals surface area contributed by atoms with Crippen LogP contribution in [0.25, 0.3) is 0 Å².